The van der Waals surface area contributed by atoms with E-state index in [4.69, 9.17) is 4.52 Å². The molecule has 2 aromatic carbocycles. The molecule has 0 aliphatic heterocycles. The van der Waals surface area contributed by atoms with Crippen LogP contribution in [0.25, 0.3) is 11.1 Å². The van der Waals surface area contributed by atoms with Gasteiger partial charge in [0.1, 0.15) is 5.76 Å². The Morgan fingerprint density at radius 1 is 1.03 bits per heavy atom. The van der Waals surface area contributed by atoms with Crippen LogP contribution < -0.4 is 5.32 Å². The lowest BCUT2D eigenvalue weighted by Gasteiger charge is -2.17. The molecule has 3 rings (SSSR count). The molecule has 0 aliphatic carbocycles. The van der Waals surface area contributed by atoms with Gasteiger partial charge in [0.15, 0.2) is 0 Å². The first kappa shape index (κ1) is 20.8. The molecular formula is C21H23N3O4S. The van der Waals surface area contributed by atoms with Crippen LogP contribution in [0.2, 0.25) is 0 Å². The summed E-state index contributed by atoms with van der Waals surface area (Å²) in [6.45, 7) is 5.20. The number of aromatic nitrogens is 1. The van der Waals surface area contributed by atoms with Crippen molar-refractivity contribution in [2.24, 2.45) is 0 Å². The van der Waals surface area contributed by atoms with E-state index in [2.05, 4.69) is 10.5 Å². The highest BCUT2D eigenvalue weighted by molar-refractivity contribution is 7.89. The number of amides is 1. The van der Waals surface area contributed by atoms with Crippen LogP contribution in [0.15, 0.2) is 57.9 Å². The molecule has 3 aromatic rings. The van der Waals surface area contributed by atoms with Gasteiger partial charge in [0.2, 0.25) is 15.9 Å². The number of hydrogen-bond donors (Lipinski definition) is 1. The predicted molar refractivity (Wildman–Crippen MR) is 111 cm³/mol. The van der Waals surface area contributed by atoms with Crippen LogP contribution >= 0.6 is 0 Å². The maximum atomic E-state index is 12.9. The first-order valence-corrected chi connectivity index (χ1v) is 10.5. The summed E-state index contributed by atoms with van der Waals surface area (Å²) in [5.41, 5.74) is 3.97. The number of carbonyl (C=O) groups is 1. The number of hydrogen-bond acceptors (Lipinski definition) is 5. The fourth-order valence-corrected chi connectivity index (χ4v) is 4.12. The first-order valence-electron chi connectivity index (χ1n) is 9.04. The van der Waals surface area contributed by atoms with E-state index in [1.165, 1.54) is 18.3 Å². The molecule has 0 radical (unpaired) electrons. The van der Waals surface area contributed by atoms with Crippen molar-refractivity contribution in [1.29, 1.82) is 0 Å². The summed E-state index contributed by atoms with van der Waals surface area (Å²) in [4.78, 5) is 11.3. The average molecular weight is 413 g/mol. The number of rotatable bonds is 6. The fraction of sp³-hybridized carbons (Fsp3) is 0.238. The molecule has 0 saturated heterocycles. The Bertz CT molecular complexity index is 1100. The van der Waals surface area contributed by atoms with E-state index in [9.17, 15) is 13.2 Å². The van der Waals surface area contributed by atoms with Gasteiger partial charge < -0.3 is 9.84 Å². The largest absolute Gasteiger partial charge is 0.361 e. The van der Waals surface area contributed by atoms with Gasteiger partial charge in [-0.3, -0.25) is 4.79 Å². The van der Waals surface area contributed by atoms with Crippen LogP contribution in [-0.4, -0.2) is 30.8 Å². The summed E-state index contributed by atoms with van der Waals surface area (Å²) in [7, 11) is -2.11. The Hall–Kier alpha value is -2.97. The molecular weight excluding hydrogens is 390 g/mol. The molecule has 0 unspecified atom stereocenters. The van der Waals surface area contributed by atoms with Crippen molar-refractivity contribution >= 4 is 21.6 Å². The summed E-state index contributed by atoms with van der Waals surface area (Å²) in [5.74, 6) is 0.482. The van der Waals surface area contributed by atoms with Crippen LogP contribution in [0.4, 0.5) is 5.69 Å². The van der Waals surface area contributed by atoms with Crippen LogP contribution in [0.3, 0.4) is 0 Å². The number of aryl methyl sites for hydroxylation is 2. The minimum Gasteiger partial charge on any atom is -0.361 e. The number of anilines is 1. The molecule has 1 heterocycles. The highest BCUT2D eigenvalue weighted by Gasteiger charge is 2.23. The second-order valence-electron chi connectivity index (χ2n) is 6.85. The summed E-state index contributed by atoms with van der Waals surface area (Å²) in [6.07, 6.45) is 0. The lowest BCUT2D eigenvalue weighted by atomic mass is 10.1. The Labute approximate surface area is 170 Å². The molecule has 0 saturated carbocycles. The zero-order valence-corrected chi connectivity index (χ0v) is 17.6. The van der Waals surface area contributed by atoms with E-state index in [1.54, 1.807) is 50.2 Å². The van der Waals surface area contributed by atoms with Crippen LogP contribution in [0, 0.1) is 13.8 Å². The molecule has 0 atom stereocenters. The van der Waals surface area contributed by atoms with Crippen LogP contribution in [-0.2, 0) is 21.4 Å². The number of benzene rings is 2. The molecule has 0 spiro atoms. The topological polar surface area (TPSA) is 92.5 Å². The number of carbonyl (C=O) groups excluding carboxylic acids is 1. The van der Waals surface area contributed by atoms with E-state index in [0.29, 0.717) is 17.1 Å². The summed E-state index contributed by atoms with van der Waals surface area (Å²) in [5, 5.41) is 6.59. The number of nitrogens with zero attached hydrogens (tertiary/aromatic N) is 2. The third kappa shape index (κ3) is 4.55. The molecule has 0 aliphatic rings. The van der Waals surface area contributed by atoms with Crippen molar-refractivity contribution < 1.29 is 17.7 Å². The Kier molecular flexibility index (Phi) is 5.86. The zero-order valence-electron chi connectivity index (χ0n) is 16.8. The minimum atomic E-state index is -3.65. The molecule has 29 heavy (non-hydrogen) atoms. The third-order valence-electron chi connectivity index (χ3n) is 4.66. The highest BCUT2D eigenvalue weighted by atomic mass is 32.2. The van der Waals surface area contributed by atoms with E-state index in [1.807, 2.05) is 12.1 Å². The normalized spacial score (nSPS) is 11.6. The van der Waals surface area contributed by atoms with Crippen LogP contribution in [0.1, 0.15) is 23.9 Å². The second-order valence-corrected chi connectivity index (χ2v) is 8.89. The predicted octanol–water partition coefficient (Wildman–Crippen LogP) is 3.74. The third-order valence-corrected chi connectivity index (χ3v) is 6.48. The van der Waals surface area contributed by atoms with Crippen molar-refractivity contribution in [2.75, 3.05) is 12.4 Å². The second kappa shape index (κ2) is 8.18. The van der Waals surface area contributed by atoms with Crippen molar-refractivity contribution in [2.45, 2.75) is 32.2 Å². The lowest BCUT2D eigenvalue weighted by molar-refractivity contribution is -0.114. The summed E-state index contributed by atoms with van der Waals surface area (Å²) >= 11 is 0. The zero-order chi connectivity index (χ0) is 21.2. The van der Waals surface area contributed by atoms with Gasteiger partial charge in [-0.2, -0.15) is 4.31 Å². The van der Waals surface area contributed by atoms with E-state index < -0.39 is 10.0 Å². The maximum absolute atomic E-state index is 12.9. The monoisotopic (exact) mass is 413 g/mol. The summed E-state index contributed by atoms with van der Waals surface area (Å²) in [6, 6.07) is 14.1. The van der Waals surface area contributed by atoms with E-state index >= 15 is 0 Å². The fourth-order valence-electron chi connectivity index (χ4n) is 2.98. The van der Waals surface area contributed by atoms with Crippen molar-refractivity contribution in [3.05, 3.63) is 65.5 Å². The van der Waals surface area contributed by atoms with Gasteiger partial charge in [0.25, 0.3) is 0 Å². The van der Waals surface area contributed by atoms with Gasteiger partial charge in [0.05, 0.1) is 10.6 Å². The van der Waals surface area contributed by atoms with Gasteiger partial charge >= 0.3 is 0 Å². The standard InChI is InChI=1S/C21H23N3O4S/c1-14-21(15(2)28-23-14)13-24(4)29(26,27)20-11-7-18(8-12-20)17-5-9-19(10-6-17)22-16(3)25/h5-12H,13H2,1-4H3,(H,22,25). The van der Waals surface area contributed by atoms with Crippen molar-refractivity contribution in [1.82, 2.24) is 9.46 Å². The molecule has 1 aromatic heterocycles. The molecule has 0 fully saturated rings. The van der Waals surface area contributed by atoms with Crippen LogP contribution in [0.5, 0.6) is 0 Å². The van der Waals surface area contributed by atoms with Gasteiger partial charge in [-0.05, 0) is 49.2 Å². The van der Waals surface area contributed by atoms with Crippen molar-refractivity contribution in [3.8, 4) is 11.1 Å². The van der Waals surface area contributed by atoms with Gasteiger partial charge in [-0.15, -0.1) is 0 Å². The Morgan fingerprint density at radius 3 is 2.07 bits per heavy atom. The highest BCUT2D eigenvalue weighted by Crippen LogP contribution is 2.25. The Morgan fingerprint density at radius 2 is 1.59 bits per heavy atom. The van der Waals surface area contributed by atoms with Gasteiger partial charge in [0, 0.05) is 31.8 Å². The molecule has 0 bridgehead atoms. The molecule has 1 amide bonds. The SMILES string of the molecule is CC(=O)Nc1ccc(-c2ccc(S(=O)(=O)N(C)Cc3c(C)noc3C)cc2)cc1. The smallest absolute Gasteiger partial charge is 0.243 e. The number of nitrogens with one attached hydrogen (secondary N) is 1. The quantitative estimate of drug-likeness (QED) is 0.665. The molecule has 152 valence electrons. The maximum Gasteiger partial charge on any atom is 0.243 e. The summed E-state index contributed by atoms with van der Waals surface area (Å²) < 4.78 is 32.2. The van der Waals surface area contributed by atoms with E-state index in [-0.39, 0.29) is 17.3 Å². The molecule has 8 heteroatoms. The average Bonchev–Trinajstić information content (AvgIpc) is 3.00. The minimum absolute atomic E-state index is 0.131. The number of sulfonamides is 1. The van der Waals surface area contributed by atoms with E-state index in [0.717, 1.165) is 16.7 Å². The molecule has 7 nitrogen and oxygen atoms in total. The molecule has 1 N–H and O–H groups in total. The lowest BCUT2D eigenvalue weighted by Crippen LogP contribution is -2.26. The van der Waals surface area contributed by atoms with Crippen molar-refractivity contribution in [3.63, 3.8) is 0 Å². The van der Waals surface area contributed by atoms with Gasteiger partial charge in [-0.25, -0.2) is 8.42 Å². The Balaban J connectivity index is 1.78. The first-order chi connectivity index (χ1) is 13.7. The van der Waals surface area contributed by atoms with Gasteiger partial charge in [-0.1, -0.05) is 29.4 Å².